The Morgan fingerprint density at radius 3 is 2.65 bits per heavy atom. The normalized spacial score (nSPS) is 15.4. The molecular formula is C16H21N5OS. The van der Waals surface area contributed by atoms with Crippen LogP contribution in [0.2, 0.25) is 0 Å². The van der Waals surface area contributed by atoms with E-state index in [0.717, 1.165) is 37.4 Å². The Balaban J connectivity index is 1.46. The number of carbonyl (C=O) groups is 1. The van der Waals surface area contributed by atoms with Crippen molar-refractivity contribution in [3.63, 3.8) is 0 Å². The molecule has 7 heteroatoms. The van der Waals surface area contributed by atoms with Gasteiger partial charge in [0.05, 0.1) is 0 Å². The summed E-state index contributed by atoms with van der Waals surface area (Å²) in [5.74, 6) is 0. The van der Waals surface area contributed by atoms with E-state index in [1.54, 1.807) is 0 Å². The van der Waals surface area contributed by atoms with Gasteiger partial charge in [-0.05, 0) is 31.4 Å². The number of amides is 2. The maximum absolute atomic E-state index is 12.0. The average molecular weight is 331 g/mol. The van der Waals surface area contributed by atoms with E-state index < -0.39 is 0 Å². The summed E-state index contributed by atoms with van der Waals surface area (Å²) in [6, 6.07) is 10.4. The van der Waals surface area contributed by atoms with Gasteiger partial charge in [0.2, 0.25) is 5.13 Å². The molecule has 6 nitrogen and oxygen atoms in total. The predicted molar refractivity (Wildman–Crippen MR) is 93.1 cm³/mol. The van der Waals surface area contributed by atoms with Crippen LogP contribution in [0.15, 0.2) is 30.3 Å². The van der Waals surface area contributed by atoms with Crippen LogP contribution in [0.5, 0.6) is 0 Å². The molecule has 1 aromatic heterocycles. The van der Waals surface area contributed by atoms with E-state index >= 15 is 0 Å². The predicted octanol–water partition coefficient (Wildman–Crippen LogP) is 2.89. The first-order valence-corrected chi connectivity index (χ1v) is 8.76. The Kier molecular flexibility index (Phi) is 5.07. The molecule has 0 aliphatic carbocycles. The lowest BCUT2D eigenvalue weighted by atomic mass is 10.0. The first-order chi connectivity index (χ1) is 11.2. The topological polar surface area (TPSA) is 70.1 Å². The van der Waals surface area contributed by atoms with Gasteiger partial charge < -0.3 is 10.2 Å². The minimum Gasteiger partial charge on any atom is -0.371 e. The Bertz CT molecular complexity index is 637. The summed E-state index contributed by atoms with van der Waals surface area (Å²) in [7, 11) is 0. The molecule has 1 aliphatic rings. The third-order valence-corrected chi connectivity index (χ3v) is 4.92. The summed E-state index contributed by atoms with van der Waals surface area (Å²) >= 11 is 1.42. The highest BCUT2D eigenvalue weighted by Crippen LogP contribution is 2.20. The highest BCUT2D eigenvalue weighted by Gasteiger charge is 2.21. The van der Waals surface area contributed by atoms with Gasteiger partial charge in [-0.1, -0.05) is 36.5 Å². The lowest BCUT2D eigenvalue weighted by molar-refractivity contribution is 0.246. The van der Waals surface area contributed by atoms with E-state index in [2.05, 4.69) is 50.0 Å². The van der Waals surface area contributed by atoms with Gasteiger partial charge in [0, 0.05) is 24.8 Å². The van der Waals surface area contributed by atoms with Crippen LogP contribution in [0.3, 0.4) is 0 Å². The Morgan fingerprint density at radius 1 is 1.26 bits per heavy atom. The molecule has 2 N–H and O–H groups in total. The van der Waals surface area contributed by atoms with E-state index in [4.69, 9.17) is 0 Å². The molecule has 1 fully saturated rings. The van der Waals surface area contributed by atoms with Crippen LogP contribution in [0.1, 0.15) is 24.8 Å². The third kappa shape index (κ3) is 4.19. The largest absolute Gasteiger partial charge is 0.371 e. The van der Waals surface area contributed by atoms with E-state index in [0.29, 0.717) is 5.13 Å². The number of nitrogens with one attached hydrogen (secondary N) is 2. The van der Waals surface area contributed by atoms with Crippen molar-refractivity contribution in [3.05, 3.63) is 35.3 Å². The number of aromatic nitrogens is 2. The average Bonchev–Trinajstić information content (AvgIpc) is 3.04. The van der Waals surface area contributed by atoms with E-state index in [-0.39, 0.29) is 12.1 Å². The van der Waals surface area contributed by atoms with Crippen LogP contribution in [-0.2, 0) is 6.42 Å². The number of para-hydroxylation sites is 1. The Hall–Kier alpha value is -2.15. The molecule has 0 spiro atoms. The van der Waals surface area contributed by atoms with Crippen molar-refractivity contribution in [1.29, 1.82) is 0 Å². The fraction of sp³-hybridized carbons (Fsp3) is 0.438. The van der Waals surface area contributed by atoms with Crippen molar-refractivity contribution in [2.45, 2.75) is 32.2 Å². The van der Waals surface area contributed by atoms with Crippen LogP contribution in [0.4, 0.5) is 15.6 Å². The summed E-state index contributed by atoms with van der Waals surface area (Å²) in [4.78, 5) is 14.4. The third-order valence-electron chi connectivity index (χ3n) is 3.94. The maximum Gasteiger partial charge on any atom is 0.321 e. The van der Waals surface area contributed by atoms with Crippen molar-refractivity contribution in [1.82, 2.24) is 15.5 Å². The van der Waals surface area contributed by atoms with Crippen molar-refractivity contribution >= 4 is 28.2 Å². The van der Waals surface area contributed by atoms with E-state index in [1.807, 2.05) is 13.0 Å². The zero-order chi connectivity index (χ0) is 16.1. The second-order valence-corrected chi connectivity index (χ2v) is 6.61. The van der Waals surface area contributed by atoms with E-state index in [1.165, 1.54) is 17.0 Å². The number of anilines is 2. The summed E-state index contributed by atoms with van der Waals surface area (Å²) in [5.41, 5.74) is 1.25. The molecule has 0 bridgehead atoms. The summed E-state index contributed by atoms with van der Waals surface area (Å²) < 4.78 is 0. The molecule has 0 atom stereocenters. The van der Waals surface area contributed by atoms with Gasteiger partial charge in [-0.15, -0.1) is 10.2 Å². The molecule has 1 aliphatic heterocycles. The summed E-state index contributed by atoms with van der Waals surface area (Å²) in [6.45, 7) is 3.92. The fourth-order valence-electron chi connectivity index (χ4n) is 2.69. The quantitative estimate of drug-likeness (QED) is 0.904. The molecule has 2 amide bonds. The molecule has 2 aromatic rings. The first kappa shape index (κ1) is 15.7. The highest BCUT2D eigenvalue weighted by atomic mass is 32.1. The fourth-order valence-corrected chi connectivity index (χ4v) is 3.36. The van der Waals surface area contributed by atoms with Crippen LogP contribution in [0.25, 0.3) is 0 Å². The SMILES string of the molecule is CCc1nnc(NC(=O)NC2CCN(c3ccccc3)CC2)s1. The van der Waals surface area contributed by atoms with Gasteiger partial charge in [-0.2, -0.15) is 0 Å². The molecular weight excluding hydrogens is 310 g/mol. The number of hydrogen-bond donors (Lipinski definition) is 2. The number of hydrogen-bond acceptors (Lipinski definition) is 5. The van der Waals surface area contributed by atoms with Crippen LogP contribution < -0.4 is 15.5 Å². The van der Waals surface area contributed by atoms with Crippen molar-refractivity contribution in [2.24, 2.45) is 0 Å². The minimum atomic E-state index is -0.193. The second-order valence-electron chi connectivity index (χ2n) is 5.55. The number of benzene rings is 1. The zero-order valence-corrected chi connectivity index (χ0v) is 14.0. The van der Waals surface area contributed by atoms with Crippen LogP contribution in [0, 0.1) is 0 Å². The van der Waals surface area contributed by atoms with Crippen LogP contribution in [-0.4, -0.2) is 35.4 Å². The van der Waals surface area contributed by atoms with Gasteiger partial charge in [0.25, 0.3) is 0 Å². The monoisotopic (exact) mass is 331 g/mol. The minimum absolute atomic E-state index is 0.193. The van der Waals surface area contributed by atoms with Crippen molar-refractivity contribution < 1.29 is 4.79 Å². The lowest BCUT2D eigenvalue weighted by Crippen LogP contribution is -2.46. The zero-order valence-electron chi connectivity index (χ0n) is 13.2. The molecule has 3 rings (SSSR count). The molecule has 23 heavy (non-hydrogen) atoms. The van der Waals surface area contributed by atoms with Gasteiger partial charge in [0.1, 0.15) is 5.01 Å². The van der Waals surface area contributed by atoms with Gasteiger partial charge in [-0.25, -0.2) is 4.79 Å². The molecule has 0 radical (unpaired) electrons. The van der Waals surface area contributed by atoms with Crippen LogP contribution >= 0.6 is 11.3 Å². The summed E-state index contributed by atoms with van der Waals surface area (Å²) in [6.07, 6.45) is 2.72. The van der Waals surface area contributed by atoms with Crippen molar-refractivity contribution in [3.8, 4) is 0 Å². The van der Waals surface area contributed by atoms with Gasteiger partial charge >= 0.3 is 6.03 Å². The van der Waals surface area contributed by atoms with Gasteiger partial charge in [0.15, 0.2) is 0 Å². The molecule has 1 aromatic carbocycles. The van der Waals surface area contributed by atoms with Crippen molar-refractivity contribution in [2.75, 3.05) is 23.3 Å². The summed E-state index contributed by atoms with van der Waals surface area (Å²) in [5, 5.41) is 15.2. The number of piperidine rings is 1. The maximum atomic E-state index is 12.0. The number of nitrogens with zero attached hydrogens (tertiary/aromatic N) is 3. The van der Waals surface area contributed by atoms with Gasteiger partial charge in [-0.3, -0.25) is 5.32 Å². The first-order valence-electron chi connectivity index (χ1n) is 7.94. The van der Waals surface area contributed by atoms with E-state index in [9.17, 15) is 4.79 Å². The molecule has 0 unspecified atom stereocenters. The molecule has 122 valence electrons. The lowest BCUT2D eigenvalue weighted by Gasteiger charge is -2.33. The number of carbonyl (C=O) groups excluding carboxylic acids is 1. The Morgan fingerprint density at radius 2 is 2.00 bits per heavy atom. The number of rotatable bonds is 4. The number of urea groups is 1. The Labute approximate surface area is 139 Å². The number of aryl methyl sites for hydroxylation is 1. The standard InChI is InChI=1S/C16H21N5OS/c1-2-14-19-20-16(23-14)18-15(22)17-12-8-10-21(11-9-12)13-6-4-3-5-7-13/h3-7,12H,2,8-11H2,1H3,(H2,17,18,20,22). The highest BCUT2D eigenvalue weighted by molar-refractivity contribution is 7.15. The second kappa shape index (κ2) is 7.41. The smallest absolute Gasteiger partial charge is 0.321 e. The molecule has 1 saturated heterocycles. The molecule has 2 heterocycles. The molecule has 0 saturated carbocycles.